The molecule has 33 heavy (non-hydrogen) atoms. The van der Waals surface area contributed by atoms with E-state index in [1.54, 1.807) is 5.06 Å². The number of likely N-dealkylation sites (tertiary alicyclic amines) is 1. The van der Waals surface area contributed by atoms with E-state index >= 15 is 0 Å². The van der Waals surface area contributed by atoms with E-state index in [0.717, 1.165) is 30.8 Å². The Labute approximate surface area is 196 Å². The molecule has 1 unspecified atom stereocenters. The molecule has 0 spiro atoms. The zero-order valence-corrected chi connectivity index (χ0v) is 19.4. The normalized spacial score (nSPS) is 21.2. The van der Waals surface area contributed by atoms with Crippen molar-refractivity contribution in [1.29, 1.82) is 5.41 Å². The van der Waals surface area contributed by atoms with Gasteiger partial charge in [-0.05, 0) is 42.0 Å². The highest BCUT2D eigenvalue weighted by molar-refractivity contribution is 5.82. The average Bonchev–Trinajstić information content (AvgIpc) is 3.47. The lowest BCUT2D eigenvalue weighted by molar-refractivity contribution is -0.0620. The zero-order chi connectivity index (χ0) is 23.2. The van der Waals surface area contributed by atoms with E-state index in [2.05, 4.69) is 49.4 Å². The maximum absolute atomic E-state index is 7.62. The monoisotopic (exact) mass is 447 g/mol. The van der Waals surface area contributed by atoms with Crippen molar-refractivity contribution in [3.05, 3.63) is 77.4 Å². The summed E-state index contributed by atoms with van der Waals surface area (Å²) in [6, 6.07) is 18.8. The fourth-order valence-corrected chi connectivity index (χ4v) is 4.23. The Bertz CT molecular complexity index is 1000. The van der Waals surface area contributed by atoms with Crippen molar-refractivity contribution in [1.82, 2.24) is 9.96 Å². The van der Waals surface area contributed by atoms with Gasteiger partial charge in [0, 0.05) is 20.1 Å². The summed E-state index contributed by atoms with van der Waals surface area (Å²) in [5.74, 6) is 1.03. The lowest BCUT2D eigenvalue weighted by Gasteiger charge is -2.18. The van der Waals surface area contributed by atoms with E-state index in [1.165, 1.54) is 16.7 Å². The van der Waals surface area contributed by atoms with E-state index in [1.807, 2.05) is 30.1 Å². The molecule has 0 aromatic heterocycles. The van der Waals surface area contributed by atoms with Crippen LogP contribution in [0, 0.1) is 11.3 Å². The van der Waals surface area contributed by atoms with Gasteiger partial charge in [0.05, 0.1) is 19.1 Å². The van der Waals surface area contributed by atoms with Crippen LogP contribution in [-0.4, -0.2) is 48.6 Å². The first kappa shape index (κ1) is 23.0. The minimum absolute atomic E-state index is 0.114. The summed E-state index contributed by atoms with van der Waals surface area (Å²) in [6.07, 6.45) is 3.85. The molecule has 0 bridgehead atoms. The SMILES string of the molecule is C/C(=C\CCOCc1ccccc1)c1ccc(C2N=C([C@@H]3CCN(C(=N)N)C3)ON2C)cc1. The fourth-order valence-electron chi connectivity index (χ4n) is 4.23. The van der Waals surface area contributed by atoms with Crippen LogP contribution in [0.4, 0.5) is 0 Å². The number of nitrogens with zero attached hydrogens (tertiary/aromatic N) is 3. The molecule has 2 aromatic carbocycles. The Hall–Kier alpha value is -3.16. The molecule has 0 amide bonds. The summed E-state index contributed by atoms with van der Waals surface area (Å²) in [5, 5.41) is 9.42. The Balaban J connectivity index is 1.30. The van der Waals surface area contributed by atoms with Crippen LogP contribution in [0.5, 0.6) is 0 Å². The van der Waals surface area contributed by atoms with Gasteiger partial charge in [0.25, 0.3) is 0 Å². The quantitative estimate of drug-likeness (QED) is 0.360. The van der Waals surface area contributed by atoms with Gasteiger partial charge in [0.2, 0.25) is 5.90 Å². The molecule has 2 aromatic rings. The predicted octanol–water partition coefficient (Wildman–Crippen LogP) is 4.19. The molecule has 7 nitrogen and oxygen atoms in total. The van der Waals surface area contributed by atoms with Gasteiger partial charge in [-0.3, -0.25) is 5.41 Å². The first-order chi connectivity index (χ1) is 16.0. The molecule has 1 fully saturated rings. The third-order valence-corrected chi connectivity index (χ3v) is 6.20. The summed E-state index contributed by atoms with van der Waals surface area (Å²) in [4.78, 5) is 12.6. The molecule has 2 heterocycles. The van der Waals surface area contributed by atoms with E-state index in [0.29, 0.717) is 19.8 Å². The predicted molar refractivity (Wildman–Crippen MR) is 131 cm³/mol. The van der Waals surface area contributed by atoms with Crippen LogP contribution in [0.3, 0.4) is 0 Å². The van der Waals surface area contributed by atoms with Crippen LogP contribution >= 0.6 is 0 Å². The molecule has 1 saturated heterocycles. The van der Waals surface area contributed by atoms with Gasteiger partial charge >= 0.3 is 0 Å². The molecular weight excluding hydrogens is 414 g/mol. The van der Waals surface area contributed by atoms with Crippen LogP contribution < -0.4 is 5.73 Å². The molecular formula is C26H33N5O2. The Kier molecular flexibility index (Phi) is 7.42. The number of hydrogen-bond acceptors (Lipinski definition) is 5. The lowest BCUT2D eigenvalue weighted by atomic mass is 10.0. The van der Waals surface area contributed by atoms with Crippen molar-refractivity contribution in [2.45, 2.75) is 32.5 Å². The average molecular weight is 448 g/mol. The summed E-state index contributed by atoms with van der Waals surface area (Å²) in [6.45, 7) is 4.94. The molecule has 0 aliphatic carbocycles. The number of nitrogens with two attached hydrogens (primary N) is 1. The molecule has 3 N–H and O–H groups in total. The van der Waals surface area contributed by atoms with Crippen LogP contribution in [0.15, 0.2) is 65.7 Å². The summed E-state index contributed by atoms with van der Waals surface area (Å²) in [5.41, 5.74) is 10.3. The topological polar surface area (TPSA) is 87.2 Å². The molecule has 7 heteroatoms. The molecule has 4 rings (SSSR count). The van der Waals surface area contributed by atoms with Gasteiger partial charge in [-0.1, -0.05) is 60.7 Å². The number of allylic oxidation sites excluding steroid dienone is 1. The third-order valence-electron chi connectivity index (χ3n) is 6.20. The summed E-state index contributed by atoms with van der Waals surface area (Å²) in [7, 11) is 1.91. The molecule has 2 atom stereocenters. The Morgan fingerprint density at radius 1 is 1.21 bits per heavy atom. The standard InChI is InChI=1S/C26H33N5O2/c1-19(7-6-16-32-18-20-8-4-3-5-9-20)21-10-12-22(13-11-21)24-29-25(33-30(24)2)23-14-15-31(17-23)26(27)28/h3-5,7-13,23-24H,6,14-18H2,1-2H3,(H3,27,28)/b19-7+/t23-,24?/m1/s1. The highest BCUT2D eigenvalue weighted by atomic mass is 16.7. The van der Waals surface area contributed by atoms with Crippen molar-refractivity contribution in [2.75, 3.05) is 26.7 Å². The van der Waals surface area contributed by atoms with Crippen molar-refractivity contribution in [3.63, 3.8) is 0 Å². The molecule has 2 aliphatic rings. The van der Waals surface area contributed by atoms with Crippen molar-refractivity contribution in [3.8, 4) is 0 Å². The minimum atomic E-state index is -0.156. The van der Waals surface area contributed by atoms with Crippen LogP contribution in [0.2, 0.25) is 0 Å². The van der Waals surface area contributed by atoms with E-state index in [4.69, 9.17) is 25.7 Å². The molecule has 2 aliphatic heterocycles. The fraction of sp³-hybridized carbons (Fsp3) is 0.385. The highest BCUT2D eigenvalue weighted by Crippen LogP contribution is 2.31. The third kappa shape index (κ3) is 5.80. The maximum Gasteiger partial charge on any atom is 0.216 e. The van der Waals surface area contributed by atoms with Crippen LogP contribution in [0.1, 0.15) is 42.6 Å². The van der Waals surface area contributed by atoms with E-state index in [-0.39, 0.29) is 18.0 Å². The van der Waals surface area contributed by atoms with E-state index < -0.39 is 0 Å². The van der Waals surface area contributed by atoms with Crippen LogP contribution in [0.25, 0.3) is 5.57 Å². The number of guanidine groups is 1. The summed E-state index contributed by atoms with van der Waals surface area (Å²) >= 11 is 0. The highest BCUT2D eigenvalue weighted by Gasteiger charge is 2.35. The first-order valence-electron chi connectivity index (χ1n) is 11.5. The van der Waals surface area contributed by atoms with Crippen molar-refractivity contribution in [2.24, 2.45) is 16.6 Å². The minimum Gasteiger partial charge on any atom is -0.388 e. The van der Waals surface area contributed by atoms with E-state index in [9.17, 15) is 0 Å². The number of nitrogens with one attached hydrogen (secondary N) is 1. The van der Waals surface area contributed by atoms with Crippen LogP contribution in [-0.2, 0) is 16.2 Å². The van der Waals surface area contributed by atoms with Gasteiger partial charge in [-0.25, -0.2) is 4.99 Å². The smallest absolute Gasteiger partial charge is 0.216 e. The largest absolute Gasteiger partial charge is 0.388 e. The number of hydrogen-bond donors (Lipinski definition) is 2. The van der Waals surface area contributed by atoms with Gasteiger partial charge in [0.15, 0.2) is 12.1 Å². The number of rotatable bonds is 8. The molecule has 174 valence electrons. The number of aliphatic imine (C=N–C) groups is 1. The van der Waals surface area contributed by atoms with Gasteiger partial charge in [0.1, 0.15) is 0 Å². The maximum atomic E-state index is 7.62. The lowest BCUT2D eigenvalue weighted by Crippen LogP contribution is -2.35. The van der Waals surface area contributed by atoms with Gasteiger partial charge in [-0.2, -0.15) is 0 Å². The van der Waals surface area contributed by atoms with Crippen molar-refractivity contribution >= 4 is 17.4 Å². The van der Waals surface area contributed by atoms with Gasteiger partial charge < -0.3 is 20.2 Å². The number of benzene rings is 2. The number of hydroxylamine groups is 2. The first-order valence-corrected chi connectivity index (χ1v) is 11.5. The second kappa shape index (κ2) is 10.6. The molecule has 0 radical (unpaired) electrons. The Morgan fingerprint density at radius 3 is 2.67 bits per heavy atom. The number of ether oxygens (including phenoxy) is 1. The summed E-state index contributed by atoms with van der Waals surface area (Å²) < 4.78 is 5.78. The second-order valence-corrected chi connectivity index (χ2v) is 8.63. The Morgan fingerprint density at radius 2 is 1.97 bits per heavy atom. The second-order valence-electron chi connectivity index (χ2n) is 8.63. The van der Waals surface area contributed by atoms with Crippen molar-refractivity contribution < 1.29 is 9.57 Å². The zero-order valence-electron chi connectivity index (χ0n) is 19.4. The molecule has 0 saturated carbocycles. The van der Waals surface area contributed by atoms with Gasteiger partial charge in [-0.15, -0.1) is 5.06 Å².